The molecule has 0 unspecified atom stereocenters. The fraction of sp³-hybridized carbons (Fsp3) is 0.154. The highest BCUT2D eigenvalue weighted by Gasteiger charge is 2.33. The summed E-state index contributed by atoms with van der Waals surface area (Å²) >= 11 is 5.92. The van der Waals surface area contributed by atoms with E-state index in [0.29, 0.717) is 28.7 Å². The Kier molecular flexibility index (Phi) is 6.66. The third-order valence-corrected chi connectivity index (χ3v) is 5.44. The second-order valence-electron chi connectivity index (χ2n) is 7.69. The molecule has 3 aromatic rings. The molecule has 3 aromatic carbocycles. The molecule has 6 nitrogen and oxygen atoms in total. The summed E-state index contributed by atoms with van der Waals surface area (Å²) in [5.41, 5.74) is 3.85. The molecular weight excluding hydrogens is 440 g/mol. The van der Waals surface area contributed by atoms with Crippen LogP contribution in [0.4, 0.5) is 4.79 Å². The van der Waals surface area contributed by atoms with Crippen molar-refractivity contribution < 1.29 is 19.1 Å². The number of ether oxygens (including phenoxy) is 2. The number of nitrogens with one attached hydrogen (secondary N) is 1. The van der Waals surface area contributed by atoms with Crippen molar-refractivity contribution in [1.82, 2.24) is 10.2 Å². The van der Waals surface area contributed by atoms with E-state index < -0.39 is 6.03 Å². The smallest absolute Gasteiger partial charge is 0.329 e. The average molecular weight is 463 g/mol. The van der Waals surface area contributed by atoms with Crippen LogP contribution in [0.25, 0.3) is 6.08 Å². The average Bonchev–Trinajstić information content (AvgIpc) is 3.06. The first-order chi connectivity index (χ1) is 15.9. The summed E-state index contributed by atoms with van der Waals surface area (Å²) in [6.07, 6.45) is 1.63. The molecule has 3 amide bonds. The molecule has 168 valence electrons. The van der Waals surface area contributed by atoms with Crippen LogP contribution in [0.2, 0.25) is 5.02 Å². The summed E-state index contributed by atoms with van der Waals surface area (Å²) in [6.45, 7) is 2.54. The third-order valence-electron chi connectivity index (χ3n) is 5.19. The number of imide groups is 1. The number of methoxy groups -OCH3 is 1. The maximum atomic E-state index is 12.8. The van der Waals surface area contributed by atoms with Crippen LogP contribution in [0.15, 0.2) is 72.4 Å². The predicted molar refractivity (Wildman–Crippen MR) is 127 cm³/mol. The molecule has 0 radical (unpaired) electrons. The number of nitrogens with zero attached hydrogens (tertiary/aromatic N) is 1. The highest BCUT2D eigenvalue weighted by molar-refractivity contribution is 6.30. The molecule has 4 rings (SSSR count). The van der Waals surface area contributed by atoms with E-state index in [-0.39, 0.29) is 18.1 Å². The molecule has 0 aliphatic carbocycles. The van der Waals surface area contributed by atoms with E-state index in [2.05, 4.69) is 5.32 Å². The Morgan fingerprint density at radius 1 is 0.970 bits per heavy atom. The number of amides is 3. The zero-order valence-corrected chi connectivity index (χ0v) is 19.1. The maximum Gasteiger partial charge on any atom is 0.329 e. The number of aryl methyl sites for hydroxylation is 1. The fourth-order valence-electron chi connectivity index (χ4n) is 3.51. The minimum absolute atomic E-state index is 0.213. The van der Waals surface area contributed by atoms with Crippen molar-refractivity contribution in [2.45, 2.75) is 20.1 Å². The van der Waals surface area contributed by atoms with E-state index in [1.165, 1.54) is 4.90 Å². The molecule has 0 aromatic heterocycles. The van der Waals surface area contributed by atoms with Crippen LogP contribution in [0.1, 0.15) is 22.3 Å². The summed E-state index contributed by atoms with van der Waals surface area (Å²) in [6, 6.07) is 20.0. The van der Waals surface area contributed by atoms with Crippen LogP contribution >= 0.6 is 11.6 Å². The number of urea groups is 1. The van der Waals surface area contributed by atoms with Crippen molar-refractivity contribution in [1.29, 1.82) is 0 Å². The molecular formula is C26H23ClN2O4. The fourth-order valence-corrected chi connectivity index (χ4v) is 3.64. The van der Waals surface area contributed by atoms with Gasteiger partial charge in [-0.25, -0.2) is 4.79 Å². The van der Waals surface area contributed by atoms with Gasteiger partial charge >= 0.3 is 6.03 Å². The lowest BCUT2D eigenvalue weighted by atomic mass is 10.1. The molecule has 1 N–H and O–H groups in total. The number of carbonyl (C=O) groups is 2. The lowest BCUT2D eigenvalue weighted by molar-refractivity contribution is -0.123. The Hall–Kier alpha value is -3.77. The number of rotatable bonds is 7. The molecule has 33 heavy (non-hydrogen) atoms. The van der Waals surface area contributed by atoms with Crippen molar-refractivity contribution in [3.05, 3.63) is 99.7 Å². The first kappa shape index (κ1) is 22.4. The van der Waals surface area contributed by atoms with Crippen molar-refractivity contribution in [3.63, 3.8) is 0 Å². The molecule has 0 atom stereocenters. The monoisotopic (exact) mass is 462 g/mol. The third kappa shape index (κ3) is 5.35. The number of benzene rings is 3. The van der Waals surface area contributed by atoms with E-state index in [9.17, 15) is 9.59 Å². The van der Waals surface area contributed by atoms with Gasteiger partial charge in [0, 0.05) is 5.02 Å². The molecule has 7 heteroatoms. The molecule has 0 bridgehead atoms. The molecule has 1 aliphatic rings. The van der Waals surface area contributed by atoms with E-state index in [1.54, 1.807) is 31.4 Å². The maximum absolute atomic E-state index is 12.8. The molecule has 1 aliphatic heterocycles. The van der Waals surface area contributed by atoms with E-state index in [0.717, 1.165) is 16.7 Å². The number of halogens is 1. The summed E-state index contributed by atoms with van der Waals surface area (Å²) in [5, 5.41) is 3.32. The Morgan fingerprint density at radius 2 is 1.76 bits per heavy atom. The SMILES string of the molecule is COc1cc(/C=C2/NC(=O)N(Cc3cccc(C)c3)C2=O)ccc1OCc1ccc(Cl)cc1. The lowest BCUT2D eigenvalue weighted by Crippen LogP contribution is -2.30. The van der Waals surface area contributed by atoms with E-state index in [1.807, 2.05) is 55.5 Å². The molecule has 1 saturated heterocycles. The van der Waals surface area contributed by atoms with Gasteiger partial charge in [0.25, 0.3) is 5.91 Å². The molecule has 1 heterocycles. The van der Waals surface area contributed by atoms with Gasteiger partial charge in [0.15, 0.2) is 11.5 Å². The second kappa shape index (κ2) is 9.79. The van der Waals surface area contributed by atoms with Crippen molar-refractivity contribution in [2.24, 2.45) is 0 Å². The molecule has 0 saturated carbocycles. The van der Waals surface area contributed by atoms with Crippen molar-refractivity contribution in [2.75, 3.05) is 7.11 Å². The Labute approximate surface area is 197 Å². The predicted octanol–water partition coefficient (Wildman–Crippen LogP) is 5.33. The van der Waals surface area contributed by atoms with Gasteiger partial charge in [-0.05, 0) is 54.0 Å². The molecule has 0 spiro atoms. The topological polar surface area (TPSA) is 67.9 Å². The Bertz CT molecular complexity index is 1220. The van der Waals surface area contributed by atoms with Crippen LogP contribution in [-0.2, 0) is 17.9 Å². The van der Waals surface area contributed by atoms with Gasteiger partial charge in [-0.2, -0.15) is 0 Å². The van der Waals surface area contributed by atoms with Gasteiger partial charge in [-0.15, -0.1) is 0 Å². The quantitative estimate of drug-likeness (QED) is 0.380. The summed E-state index contributed by atoms with van der Waals surface area (Å²) in [7, 11) is 1.55. The minimum atomic E-state index is -0.442. The standard InChI is InChI=1S/C26H23ClN2O4/c1-17-4-3-5-20(12-17)15-29-25(30)22(28-26(29)31)13-19-8-11-23(24(14-19)32-2)33-16-18-6-9-21(27)10-7-18/h3-14H,15-16H2,1-2H3,(H,28,31)/b22-13+. The Balaban J connectivity index is 1.48. The minimum Gasteiger partial charge on any atom is -0.493 e. The Morgan fingerprint density at radius 3 is 2.48 bits per heavy atom. The highest BCUT2D eigenvalue weighted by Crippen LogP contribution is 2.30. The first-order valence-corrected chi connectivity index (χ1v) is 10.8. The number of hydrogen-bond acceptors (Lipinski definition) is 4. The van der Waals surface area contributed by atoms with Gasteiger partial charge in [-0.1, -0.05) is 59.6 Å². The highest BCUT2D eigenvalue weighted by atomic mass is 35.5. The van der Waals surface area contributed by atoms with Crippen molar-refractivity contribution >= 4 is 29.6 Å². The van der Waals surface area contributed by atoms with Crippen LogP contribution in [0.3, 0.4) is 0 Å². The van der Waals surface area contributed by atoms with Gasteiger partial charge < -0.3 is 14.8 Å². The first-order valence-electron chi connectivity index (χ1n) is 10.4. The van der Waals surface area contributed by atoms with Gasteiger partial charge in [-0.3, -0.25) is 9.69 Å². The van der Waals surface area contributed by atoms with Gasteiger partial charge in [0.05, 0.1) is 13.7 Å². The summed E-state index contributed by atoms with van der Waals surface area (Å²) < 4.78 is 11.3. The van der Waals surface area contributed by atoms with Gasteiger partial charge in [0.1, 0.15) is 12.3 Å². The van der Waals surface area contributed by atoms with E-state index in [4.69, 9.17) is 21.1 Å². The van der Waals surface area contributed by atoms with Crippen LogP contribution in [-0.4, -0.2) is 23.9 Å². The zero-order chi connectivity index (χ0) is 23.4. The lowest BCUT2D eigenvalue weighted by Gasteiger charge is -2.12. The summed E-state index contributed by atoms with van der Waals surface area (Å²) in [4.78, 5) is 26.4. The van der Waals surface area contributed by atoms with Gasteiger partial charge in [0.2, 0.25) is 0 Å². The number of carbonyl (C=O) groups excluding carboxylic acids is 2. The second-order valence-corrected chi connectivity index (χ2v) is 8.13. The van der Waals surface area contributed by atoms with Crippen molar-refractivity contribution in [3.8, 4) is 11.5 Å². The normalized spacial score (nSPS) is 14.5. The number of hydrogen-bond donors (Lipinski definition) is 1. The summed E-state index contributed by atoms with van der Waals surface area (Å²) in [5.74, 6) is 0.715. The van der Waals surface area contributed by atoms with E-state index >= 15 is 0 Å². The van der Waals surface area contributed by atoms with Crippen LogP contribution in [0, 0.1) is 6.92 Å². The van der Waals surface area contributed by atoms with Crippen LogP contribution in [0.5, 0.6) is 11.5 Å². The zero-order valence-electron chi connectivity index (χ0n) is 18.3. The largest absolute Gasteiger partial charge is 0.493 e. The molecule has 1 fully saturated rings. The van der Waals surface area contributed by atoms with Crippen LogP contribution < -0.4 is 14.8 Å².